The molecular weight excluding hydrogens is 440 g/mol. The molecule has 9 heteroatoms. The molecule has 0 unspecified atom stereocenters. The molecule has 4 rings (SSSR count). The number of ether oxygens (including phenoxy) is 1. The van der Waals surface area contributed by atoms with Crippen LogP contribution in [0.3, 0.4) is 0 Å². The molecule has 2 aromatic heterocycles. The minimum Gasteiger partial charge on any atom is -0.448 e. The smallest absolute Gasteiger partial charge is 0.359 e. The minimum atomic E-state index is -1.09. The Morgan fingerprint density at radius 2 is 1.73 bits per heavy atom. The Morgan fingerprint density at radius 1 is 1.03 bits per heavy atom. The normalized spacial score (nSPS) is 11.5. The molecule has 166 valence electrons. The SMILES string of the molecule is C[C@@H](OC(=O)c1ccc(=O)n(Cc2ccccc2)n1)C(=O)Nc1nc(-c2ccccc2)cs1. The molecule has 0 fully saturated rings. The van der Waals surface area contributed by atoms with E-state index in [1.807, 2.05) is 66.0 Å². The van der Waals surface area contributed by atoms with Gasteiger partial charge in [-0.15, -0.1) is 11.3 Å². The number of amides is 1. The number of hydrogen-bond donors (Lipinski definition) is 1. The molecule has 8 nitrogen and oxygen atoms in total. The molecule has 1 N–H and O–H groups in total. The van der Waals surface area contributed by atoms with Gasteiger partial charge < -0.3 is 4.74 Å². The highest BCUT2D eigenvalue weighted by molar-refractivity contribution is 7.14. The summed E-state index contributed by atoms with van der Waals surface area (Å²) in [6, 6.07) is 21.4. The van der Waals surface area contributed by atoms with E-state index in [9.17, 15) is 14.4 Å². The molecule has 0 radical (unpaired) electrons. The van der Waals surface area contributed by atoms with E-state index in [0.29, 0.717) is 5.13 Å². The molecule has 2 aromatic carbocycles. The third kappa shape index (κ3) is 5.58. The van der Waals surface area contributed by atoms with E-state index in [-0.39, 0.29) is 17.8 Å². The molecule has 0 bridgehead atoms. The first-order valence-corrected chi connectivity index (χ1v) is 11.0. The summed E-state index contributed by atoms with van der Waals surface area (Å²) in [7, 11) is 0. The Bertz CT molecular complexity index is 1320. The average Bonchev–Trinajstić information content (AvgIpc) is 3.30. The Kier molecular flexibility index (Phi) is 6.70. The summed E-state index contributed by atoms with van der Waals surface area (Å²) in [4.78, 5) is 41.5. The third-order valence-electron chi connectivity index (χ3n) is 4.71. The van der Waals surface area contributed by atoms with E-state index in [1.54, 1.807) is 0 Å². The van der Waals surface area contributed by atoms with Gasteiger partial charge in [0.25, 0.3) is 11.5 Å². The van der Waals surface area contributed by atoms with Gasteiger partial charge in [-0.3, -0.25) is 14.9 Å². The highest BCUT2D eigenvalue weighted by Crippen LogP contribution is 2.24. The van der Waals surface area contributed by atoms with Crippen LogP contribution in [0, 0.1) is 0 Å². The number of anilines is 1. The summed E-state index contributed by atoms with van der Waals surface area (Å²) in [5, 5.41) is 8.98. The number of esters is 1. The summed E-state index contributed by atoms with van der Waals surface area (Å²) in [5.74, 6) is -1.32. The fourth-order valence-electron chi connectivity index (χ4n) is 2.98. The standard InChI is InChI=1S/C24H20N4O4S/c1-16(22(30)26-24-25-20(15-33-24)18-10-6-3-7-11-18)32-23(31)19-12-13-21(29)28(27-19)14-17-8-4-2-5-9-17/h2-13,15-16H,14H2,1H3,(H,25,26,30)/t16-/m1/s1. The molecule has 2 heterocycles. The molecule has 0 aliphatic carbocycles. The van der Waals surface area contributed by atoms with Crippen molar-refractivity contribution in [2.24, 2.45) is 0 Å². The fourth-order valence-corrected chi connectivity index (χ4v) is 3.70. The molecule has 0 aliphatic heterocycles. The van der Waals surface area contributed by atoms with Crippen LogP contribution >= 0.6 is 11.3 Å². The lowest BCUT2D eigenvalue weighted by Gasteiger charge is -2.12. The Morgan fingerprint density at radius 3 is 2.45 bits per heavy atom. The highest BCUT2D eigenvalue weighted by atomic mass is 32.1. The molecule has 1 amide bonds. The number of benzene rings is 2. The molecule has 1 atom stereocenters. The highest BCUT2D eigenvalue weighted by Gasteiger charge is 2.21. The van der Waals surface area contributed by atoms with Crippen LogP contribution in [-0.4, -0.2) is 32.7 Å². The Hall–Kier alpha value is -4.11. The predicted octanol–water partition coefficient (Wildman–Crippen LogP) is 3.60. The molecule has 0 saturated carbocycles. The van der Waals surface area contributed by atoms with Crippen LogP contribution in [0.4, 0.5) is 5.13 Å². The molecule has 4 aromatic rings. The van der Waals surface area contributed by atoms with Crippen molar-refractivity contribution in [3.05, 3.63) is 99.8 Å². The van der Waals surface area contributed by atoms with E-state index in [1.165, 1.54) is 35.1 Å². The fraction of sp³-hybridized carbons (Fsp3) is 0.125. The van der Waals surface area contributed by atoms with Crippen LogP contribution in [-0.2, 0) is 16.1 Å². The lowest BCUT2D eigenvalue weighted by atomic mass is 10.2. The summed E-state index contributed by atoms with van der Waals surface area (Å²) in [6.07, 6.45) is -1.09. The quantitative estimate of drug-likeness (QED) is 0.423. The number of carbonyl (C=O) groups excluding carboxylic acids is 2. The monoisotopic (exact) mass is 460 g/mol. The zero-order valence-corrected chi connectivity index (χ0v) is 18.5. The first-order valence-electron chi connectivity index (χ1n) is 10.1. The average molecular weight is 461 g/mol. The number of nitrogens with zero attached hydrogens (tertiary/aromatic N) is 3. The van der Waals surface area contributed by atoms with Crippen LogP contribution in [0.15, 0.2) is 83.0 Å². The van der Waals surface area contributed by atoms with E-state index < -0.39 is 18.0 Å². The van der Waals surface area contributed by atoms with Crippen molar-refractivity contribution in [1.82, 2.24) is 14.8 Å². The number of aromatic nitrogens is 3. The van der Waals surface area contributed by atoms with Gasteiger partial charge in [-0.1, -0.05) is 60.7 Å². The Balaban J connectivity index is 1.39. The largest absolute Gasteiger partial charge is 0.448 e. The van der Waals surface area contributed by atoms with Gasteiger partial charge in [0.1, 0.15) is 0 Å². The van der Waals surface area contributed by atoms with Crippen LogP contribution in [0.2, 0.25) is 0 Å². The van der Waals surface area contributed by atoms with Crippen molar-refractivity contribution in [3.8, 4) is 11.3 Å². The van der Waals surface area contributed by atoms with E-state index in [4.69, 9.17) is 4.74 Å². The molecule has 0 saturated heterocycles. The maximum Gasteiger partial charge on any atom is 0.359 e. The second-order valence-electron chi connectivity index (χ2n) is 7.14. The van der Waals surface area contributed by atoms with E-state index in [2.05, 4.69) is 15.4 Å². The first kappa shape index (κ1) is 22.1. The molecule has 0 aliphatic rings. The van der Waals surface area contributed by atoms with Gasteiger partial charge >= 0.3 is 5.97 Å². The molecule has 33 heavy (non-hydrogen) atoms. The summed E-state index contributed by atoms with van der Waals surface area (Å²) >= 11 is 1.28. The van der Waals surface area contributed by atoms with Crippen molar-refractivity contribution in [2.45, 2.75) is 19.6 Å². The van der Waals surface area contributed by atoms with Crippen molar-refractivity contribution in [3.63, 3.8) is 0 Å². The lowest BCUT2D eigenvalue weighted by molar-refractivity contribution is -0.123. The predicted molar refractivity (Wildman–Crippen MR) is 125 cm³/mol. The molecular formula is C24H20N4O4S. The van der Waals surface area contributed by atoms with Crippen LogP contribution in [0.5, 0.6) is 0 Å². The Labute approximate surface area is 193 Å². The topological polar surface area (TPSA) is 103 Å². The minimum absolute atomic E-state index is 0.0641. The number of thiazole rings is 1. The zero-order valence-electron chi connectivity index (χ0n) is 17.7. The van der Waals surface area contributed by atoms with Crippen LogP contribution in [0.1, 0.15) is 23.0 Å². The number of hydrogen-bond acceptors (Lipinski definition) is 7. The van der Waals surface area contributed by atoms with Gasteiger partial charge in [-0.2, -0.15) is 5.10 Å². The number of rotatable bonds is 7. The lowest BCUT2D eigenvalue weighted by Crippen LogP contribution is -2.31. The van der Waals surface area contributed by atoms with Crippen molar-refractivity contribution < 1.29 is 14.3 Å². The maximum absolute atomic E-state index is 12.5. The second-order valence-corrected chi connectivity index (χ2v) is 8.00. The van der Waals surface area contributed by atoms with Gasteiger partial charge in [0, 0.05) is 17.0 Å². The third-order valence-corrected chi connectivity index (χ3v) is 5.47. The van der Waals surface area contributed by atoms with Crippen molar-refractivity contribution in [1.29, 1.82) is 0 Å². The number of nitrogens with one attached hydrogen (secondary N) is 1. The van der Waals surface area contributed by atoms with Gasteiger partial charge in [0.2, 0.25) is 0 Å². The van der Waals surface area contributed by atoms with Gasteiger partial charge in [-0.05, 0) is 18.6 Å². The maximum atomic E-state index is 12.5. The van der Waals surface area contributed by atoms with Crippen LogP contribution < -0.4 is 10.9 Å². The number of carbonyl (C=O) groups is 2. The first-order chi connectivity index (χ1) is 16.0. The zero-order chi connectivity index (χ0) is 23.2. The van der Waals surface area contributed by atoms with E-state index >= 15 is 0 Å². The summed E-state index contributed by atoms with van der Waals surface area (Å²) < 4.78 is 6.43. The van der Waals surface area contributed by atoms with Gasteiger partial charge in [-0.25, -0.2) is 14.5 Å². The summed E-state index contributed by atoms with van der Waals surface area (Å²) in [5.41, 5.74) is 2.13. The van der Waals surface area contributed by atoms with Gasteiger partial charge in [0.15, 0.2) is 16.9 Å². The molecule has 0 spiro atoms. The second kappa shape index (κ2) is 10.0. The van der Waals surface area contributed by atoms with E-state index in [0.717, 1.165) is 16.8 Å². The van der Waals surface area contributed by atoms with Crippen molar-refractivity contribution >= 4 is 28.3 Å². The summed E-state index contributed by atoms with van der Waals surface area (Å²) in [6.45, 7) is 1.67. The van der Waals surface area contributed by atoms with Crippen LogP contribution in [0.25, 0.3) is 11.3 Å². The van der Waals surface area contributed by atoms with Gasteiger partial charge in [0.05, 0.1) is 12.2 Å². The van der Waals surface area contributed by atoms with Crippen molar-refractivity contribution in [2.75, 3.05) is 5.32 Å².